The fourth-order valence-electron chi connectivity index (χ4n) is 3.21. The van der Waals surface area contributed by atoms with Crippen LogP contribution in [0.15, 0.2) is 30.3 Å². The average molecular weight is 404 g/mol. The Morgan fingerprint density at radius 3 is 2.34 bits per heavy atom. The Bertz CT molecular complexity index is 677. The summed E-state index contributed by atoms with van der Waals surface area (Å²) in [6, 6.07) is 9.97. The Labute approximate surface area is 173 Å². The highest BCUT2D eigenvalue weighted by atomic mass is 16.6. The molecule has 29 heavy (non-hydrogen) atoms. The van der Waals surface area contributed by atoms with E-state index in [-0.39, 0.29) is 18.4 Å². The molecule has 1 aliphatic heterocycles. The summed E-state index contributed by atoms with van der Waals surface area (Å²) in [5.41, 5.74) is 0.575. The molecule has 0 radical (unpaired) electrons. The predicted molar refractivity (Wildman–Crippen MR) is 111 cm³/mol. The highest BCUT2D eigenvalue weighted by Crippen LogP contribution is 2.16. The Balaban J connectivity index is 1.60. The van der Waals surface area contributed by atoms with Gasteiger partial charge in [-0.15, -0.1) is 0 Å². The summed E-state index contributed by atoms with van der Waals surface area (Å²) in [4.78, 5) is 37.7. The number of hydrogen-bond acceptors (Lipinski definition) is 4. The number of likely N-dealkylation sites (tertiary alicyclic amines) is 1. The minimum atomic E-state index is -0.586. The van der Waals surface area contributed by atoms with Gasteiger partial charge in [-0.3, -0.25) is 9.59 Å². The summed E-state index contributed by atoms with van der Waals surface area (Å²) in [6.07, 6.45) is 2.33. The number of alkyl carbamates (subject to hydrolysis) is 1. The molecular weight excluding hydrogens is 370 g/mol. The number of ether oxygens (including phenoxy) is 1. The van der Waals surface area contributed by atoms with Crippen molar-refractivity contribution in [2.45, 2.75) is 52.1 Å². The van der Waals surface area contributed by atoms with Crippen LogP contribution in [0.1, 0.15) is 45.6 Å². The first kappa shape index (κ1) is 22.7. The van der Waals surface area contributed by atoms with E-state index in [2.05, 4.69) is 10.6 Å². The second-order valence-electron chi connectivity index (χ2n) is 8.47. The van der Waals surface area contributed by atoms with E-state index in [1.807, 2.05) is 30.3 Å². The molecular formula is C22H33N3O4. The zero-order valence-corrected chi connectivity index (χ0v) is 17.7. The van der Waals surface area contributed by atoms with Gasteiger partial charge in [0.15, 0.2) is 0 Å². The van der Waals surface area contributed by atoms with Gasteiger partial charge in [0, 0.05) is 26.1 Å². The highest BCUT2D eigenvalue weighted by Gasteiger charge is 2.24. The van der Waals surface area contributed by atoms with Gasteiger partial charge in [0.2, 0.25) is 11.8 Å². The fourth-order valence-corrected chi connectivity index (χ4v) is 3.21. The number of nitrogens with one attached hydrogen (secondary N) is 2. The second-order valence-corrected chi connectivity index (χ2v) is 8.47. The van der Waals surface area contributed by atoms with Crippen LogP contribution in [0.2, 0.25) is 0 Å². The molecule has 1 aromatic rings. The van der Waals surface area contributed by atoms with Crippen molar-refractivity contribution in [2.75, 3.05) is 26.2 Å². The maximum absolute atomic E-state index is 12.2. The number of nitrogens with zero attached hydrogens (tertiary/aromatic N) is 1. The molecule has 1 saturated heterocycles. The minimum Gasteiger partial charge on any atom is -0.444 e. The number of carbonyl (C=O) groups excluding carboxylic acids is 3. The summed E-state index contributed by atoms with van der Waals surface area (Å²) in [7, 11) is 0. The first-order chi connectivity index (χ1) is 13.7. The third-order valence-corrected chi connectivity index (χ3v) is 4.82. The number of amides is 3. The summed E-state index contributed by atoms with van der Waals surface area (Å²) in [6.45, 7) is 7.19. The number of aryl methyl sites for hydroxylation is 1. The van der Waals surface area contributed by atoms with E-state index in [0.717, 1.165) is 24.8 Å². The minimum absolute atomic E-state index is 0.0597. The summed E-state index contributed by atoms with van der Waals surface area (Å²) < 4.78 is 5.13. The van der Waals surface area contributed by atoms with Gasteiger partial charge >= 0.3 is 6.09 Å². The van der Waals surface area contributed by atoms with E-state index >= 15 is 0 Å². The zero-order valence-electron chi connectivity index (χ0n) is 17.7. The van der Waals surface area contributed by atoms with Crippen LogP contribution < -0.4 is 10.6 Å². The van der Waals surface area contributed by atoms with Gasteiger partial charge in [0.05, 0.1) is 0 Å². The first-order valence-electron chi connectivity index (χ1n) is 10.3. The van der Waals surface area contributed by atoms with Gasteiger partial charge in [0.25, 0.3) is 0 Å². The molecule has 2 N–H and O–H groups in total. The van der Waals surface area contributed by atoms with Gasteiger partial charge in [0.1, 0.15) is 12.1 Å². The zero-order chi connectivity index (χ0) is 21.3. The van der Waals surface area contributed by atoms with Crippen molar-refractivity contribution in [1.82, 2.24) is 15.5 Å². The van der Waals surface area contributed by atoms with E-state index in [9.17, 15) is 14.4 Å². The number of benzene rings is 1. The standard InChI is InChI=1S/C22H33N3O4/c1-22(2,3)29-21(28)24-16-20(27)25-13-11-18(12-14-25)15-23-19(26)10-9-17-7-5-4-6-8-17/h4-8,18H,9-16H2,1-3H3,(H,23,26)(H,24,28). The van der Waals surface area contributed by atoms with Crippen molar-refractivity contribution in [2.24, 2.45) is 5.92 Å². The summed E-state index contributed by atoms with van der Waals surface area (Å²) in [5.74, 6) is 0.327. The van der Waals surface area contributed by atoms with Crippen LogP contribution in [0.5, 0.6) is 0 Å². The lowest BCUT2D eigenvalue weighted by molar-refractivity contribution is -0.131. The van der Waals surface area contributed by atoms with E-state index in [4.69, 9.17) is 4.74 Å². The Kier molecular flexibility index (Phi) is 8.49. The van der Waals surface area contributed by atoms with Crippen LogP contribution in [0, 0.1) is 5.92 Å². The van der Waals surface area contributed by atoms with Gasteiger partial charge in [-0.1, -0.05) is 30.3 Å². The van der Waals surface area contributed by atoms with Crippen molar-refractivity contribution in [3.8, 4) is 0 Å². The van der Waals surface area contributed by atoms with Gasteiger partial charge in [-0.05, 0) is 51.5 Å². The molecule has 7 heteroatoms. The molecule has 0 unspecified atom stereocenters. The number of carbonyl (C=O) groups is 3. The van der Waals surface area contributed by atoms with Crippen LogP contribution in [0.3, 0.4) is 0 Å². The normalized spacial score (nSPS) is 14.9. The summed E-state index contributed by atoms with van der Waals surface area (Å²) >= 11 is 0. The highest BCUT2D eigenvalue weighted by molar-refractivity contribution is 5.82. The van der Waals surface area contributed by atoms with E-state index < -0.39 is 11.7 Å². The predicted octanol–water partition coefficient (Wildman–Crippen LogP) is 2.50. The quantitative estimate of drug-likeness (QED) is 0.732. The molecule has 0 aromatic heterocycles. The average Bonchev–Trinajstić information content (AvgIpc) is 2.69. The summed E-state index contributed by atoms with van der Waals surface area (Å²) in [5, 5.41) is 5.52. The Hall–Kier alpha value is -2.57. The molecule has 0 saturated carbocycles. The van der Waals surface area contributed by atoms with Crippen molar-refractivity contribution < 1.29 is 19.1 Å². The Morgan fingerprint density at radius 2 is 1.72 bits per heavy atom. The van der Waals surface area contributed by atoms with Gasteiger partial charge in [-0.2, -0.15) is 0 Å². The lowest BCUT2D eigenvalue weighted by atomic mass is 9.96. The first-order valence-corrected chi connectivity index (χ1v) is 10.3. The van der Waals surface area contributed by atoms with Crippen molar-refractivity contribution >= 4 is 17.9 Å². The molecule has 1 fully saturated rings. The smallest absolute Gasteiger partial charge is 0.408 e. The van der Waals surface area contributed by atoms with Crippen LogP contribution in [-0.4, -0.2) is 54.6 Å². The molecule has 2 rings (SSSR count). The third kappa shape index (κ3) is 8.98. The molecule has 7 nitrogen and oxygen atoms in total. The number of hydrogen-bond donors (Lipinski definition) is 2. The lowest BCUT2D eigenvalue weighted by Gasteiger charge is -2.32. The monoisotopic (exact) mass is 403 g/mol. The second kappa shape index (κ2) is 10.8. The molecule has 0 spiro atoms. The number of rotatable bonds is 7. The molecule has 3 amide bonds. The van der Waals surface area contributed by atoms with Gasteiger partial charge < -0.3 is 20.3 Å². The number of piperidine rings is 1. The Morgan fingerprint density at radius 1 is 1.07 bits per heavy atom. The van der Waals surface area contributed by atoms with Crippen LogP contribution in [-0.2, 0) is 20.7 Å². The maximum Gasteiger partial charge on any atom is 0.408 e. The molecule has 0 aliphatic carbocycles. The van der Waals surface area contributed by atoms with Crippen molar-refractivity contribution in [3.63, 3.8) is 0 Å². The largest absolute Gasteiger partial charge is 0.444 e. The van der Waals surface area contributed by atoms with Crippen molar-refractivity contribution in [3.05, 3.63) is 35.9 Å². The molecule has 1 aromatic carbocycles. The fraction of sp³-hybridized carbons (Fsp3) is 0.591. The van der Waals surface area contributed by atoms with Crippen molar-refractivity contribution in [1.29, 1.82) is 0 Å². The molecule has 1 aliphatic rings. The van der Waals surface area contributed by atoms with E-state index in [1.165, 1.54) is 0 Å². The maximum atomic E-state index is 12.2. The molecule has 160 valence electrons. The SMILES string of the molecule is CC(C)(C)OC(=O)NCC(=O)N1CCC(CNC(=O)CCc2ccccc2)CC1. The van der Waals surface area contributed by atoms with Crippen LogP contribution in [0.25, 0.3) is 0 Å². The molecule has 0 bridgehead atoms. The van der Waals surface area contributed by atoms with E-state index in [0.29, 0.717) is 32.0 Å². The third-order valence-electron chi connectivity index (χ3n) is 4.82. The van der Waals surface area contributed by atoms with Crippen LogP contribution >= 0.6 is 0 Å². The van der Waals surface area contributed by atoms with Crippen LogP contribution in [0.4, 0.5) is 4.79 Å². The topological polar surface area (TPSA) is 87.7 Å². The molecule has 0 atom stereocenters. The van der Waals surface area contributed by atoms with E-state index in [1.54, 1.807) is 25.7 Å². The molecule has 1 heterocycles. The lowest BCUT2D eigenvalue weighted by Crippen LogP contribution is -2.46. The van der Waals surface area contributed by atoms with Gasteiger partial charge in [-0.25, -0.2) is 4.79 Å².